The number of hydrogen-bond acceptors (Lipinski definition) is 3. The van der Waals surface area contributed by atoms with Crippen molar-refractivity contribution < 1.29 is 4.79 Å². The maximum absolute atomic E-state index is 11.8. The molecule has 2 N–H and O–H groups in total. The van der Waals surface area contributed by atoms with Gasteiger partial charge in [0, 0.05) is 16.6 Å². The molecule has 1 atom stereocenters. The number of anilines is 1. The summed E-state index contributed by atoms with van der Waals surface area (Å²) in [5, 5.41) is 8.13. The van der Waals surface area contributed by atoms with Gasteiger partial charge in [0.2, 0.25) is 5.91 Å². The summed E-state index contributed by atoms with van der Waals surface area (Å²) in [4.78, 5) is 13.0. The first-order valence-electron chi connectivity index (χ1n) is 6.28. The van der Waals surface area contributed by atoms with Gasteiger partial charge in [0.25, 0.3) is 0 Å². The molecule has 1 amide bonds. The van der Waals surface area contributed by atoms with Crippen LogP contribution in [0.4, 0.5) is 5.69 Å². The zero-order valence-electron chi connectivity index (χ0n) is 11.1. The van der Waals surface area contributed by atoms with Crippen molar-refractivity contribution in [3.05, 3.63) is 52.2 Å². The molecule has 0 aliphatic carbocycles. The molecule has 0 aliphatic rings. The van der Waals surface area contributed by atoms with Crippen LogP contribution in [0.1, 0.15) is 23.4 Å². The molecule has 2 rings (SSSR count). The number of hydrogen-bond donors (Lipinski definition) is 2. The first kappa shape index (κ1) is 13.8. The lowest BCUT2D eigenvalue weighted by Crippen LogP contribution is -2.29. The van der Waals surface area contributed by atoms with Crippen molar-refractivity contribution in [1.29, 1.82) is 0 Å². The Kier molecular flexibility index (Phi) is 4.71. The summed E-state index contributed by atoms with van der Waals surface area (Å²) in [7, 11) is 0. The average molecular weight is 274 g/mol. The van der Waals surface area contributed by atoms with E-state index in [1.165, 1.54) is 10.4 Å². The number of amides is 1. The second kappa shape index (κ2) is 6.50. The van der Waals surface area contributed by atoms with E-state index in [1.54, 1.807) is 11.3 Å². The molecule has 19 heavy (non-hydrogen) atoms. The third-order valence-corrected chi connectivity index (χ3v) is 3.93. The number of carbonyl (C=O) groups is 1. The predicted octanol–water partition coefficient (Wildman–Crippen LogP) is 3.35. The van der Waals surface area contributed by atoms with Crippen molar-refractivity contribution in [2.75, 3.05) is 11.9 Å². The molecule has 1 aromatic carbocycles. The highest BCUT2D eigenvalue weighted by Crippen LogP contribution is 2.17. The third-order valence-electron chi connectivity index (χ3n) is 2.87. The fourth-order valence-electron chi connectivity index (χ4n) is 1.73. The Morgan fingerprint density at radius 2 is 2.00 bits per heavy atom. The van der Waals surface area contributed by atoms with E-state index in [0.29, 0.717) is 6.54 Å². The molecule has 0 saturated heterocycles. The molecule has 0 saturated carbocycles. The maximum atomic E-state index is 11.8. The molecule has 1 heterocycles. The van der Waals surface area contributed by atoms with Crippen molar-refractivity contribution in [2.24, 2.45) is 0 Å². The minimum absolute atomic E-state index is 0.0211. The summed E-state index contributed by atoms with van der Waals surface area (Å²) < 4.78 is 0. The van der Waals surface area contributed by atoms with Gasteiger partial charge in [-0.2, -0.15) is 0 Å². The summed E-state index contributed by atoms with van der Waals surface area (Å²) in [6, 6.07) is 12.1. The van der Waals surface area contributed by atoms with Crippen LogP contribution in [0.15, 0.2) is 41.8 Å². The maximum Gasteiger partial charge on any atom is 0.238 e. The molecular formula is C15H18N2OS. The standard InChI is InChI=1S/C15H18N2OS/c1-11-5-7-13(8-6-11)17-15(18)10-16-12(2)14-4-3-9-19-14/h3-9,12,16H,10H2,1-2H3,(H,17,18). The number of aryl methyl sites for hydroxylation is 1. The minimum atomic E-state index is -0.0211. The van der Waals surface area contributed by atoms with Crippen LogP contribution in [0, 0.1) is 6.92 Å². The zero-order chi connectivity index (χ0) is 13.7. The summed E-state index contributed by atoms with van der Waals surface area (Å²) in [5.41, 5.74) is 2.02. The lowest BCUT2D eigenvalue weighted by molar-refractivity contribution is -0.115. The monoisotopic (exact) mass is 274 g/mol. The lowest BCUT2D eigenvalue weighted by atomic mass is 10.2. The van der Waals surface area contributed by atoms with Gasteiger partial charge >= 0.3 is 0 Å². The highest BCUT2D eigenvalue weighted by Gasteiger charge is 2.08. The minimum Gasteiger partial charge on any atom is -0.325 e. The molecule has 0 aliphatic heterocycles. The van der Waals surface area contributed by atoms with Gasteiger partial charge in [-0.05, 0) is 37.4 Å². The average Bonchev–Trinajstić information content (AvgIpc) is 2.93. The largest absolute Gasteiger partial charge is 0.325 e. The highest BCUT2D eigenvalue weighted by atomic mass is 32.1. The van der Waals surface area contributed by atoms with E-state index < -0.39 is 0 Å². The second-order valence-corrected chi connectivity index (χ2v) is 5.51. The molecule has 0 bridgehead atoms. The summed E-state index contributed by atoms with van der Waals surface area (Å²) in [6.07, 6.45) is 0. The van der Waals surface area contributed by atoms with Crippen LogP contribution in [-0.4, -0.2) is 12.5 Å². The van der Waals surface area contributed by atoms with Crippen LogP contribution in [0.5, 0.6) is 0 Å². The van der Waals surface area contributed by atoms with E-state index >= 15 is 0 Å². The first-order valence-corrected chi connectivity index (χ1v) is 7.16. The summed E-state index contributed by atoms with van der Waals surface area (Å²) in [6.45, 7) is 4.40. The van der Waals surface area contributed by atoms with Gasteiger partial charge in [0.05, 0.1) is 6.54 Å². The van der Waals surface area contributed by atoms with Crippen molar-refractivity contribution in [3.63, 3.8) is 0 Å². The van der Waals surface area contributed by atoms with Crippen LogP contribution in [0.3, 0.4) is 0 Å². The van der Waals surface area contributed by atoms with Crippen LogP contribution in [-0.2, 0) is 4.79 Å². The molecular weight excluding hydrogens is 256 g/mol. The van der Waals surface area contributed by atoms with Gasteiger partial charge in [-0.3, -0.25) is 4.79 Å². The van der Waals surface area contributed by atoms with Gasteiger partial charge < -0.3 is 10.6 Å². The molecule has 2 aromatic rings. The van der Waals surface area contributed by atoms with Crippen LogP contribution in [0.25, 0.3) is 0 Å². The molecule has 0 fully saturated rings. The molecule has 4 heteroatoms. The molecule has 0 radical (unpaired) electrons. The lowest BCUT2D eigenvalue weighted by Gasteiger charge is -2.12. The van der Waals surface area contributed by atoms with Crippen LogP contribution >= 0.6 is 11.3 Å². The van der Waals surface area contributed by atoms with E-state index in [1.807, 2.05) is 42.6 Å². The molecule has 3 nitrogen and oxygen atoms in total. The zero-order valence-corrected chi connectivity index (χ0v) is 12.0. The topological polar surface area (TPSA) is 41.1 Å². The normalized spacial score (nSPS) is 12.1. The number of rotatable bonds is 5. The Balaban J connectivity index is 1.80. The van der Waals surface area contributed by atoms with Gasteiger partial charge in [0.15, 0.2) is 0 Å². The Labute approximate surface area is 117 Å². The summed E-state index contributed by atoms with van der Waals surface area (Å²) >= 11 is 1.69. The predicted molar refractivity (Wildman–Crippen MR) is 80.5 cm³/mol. The van der Waals surface area contributed by atoms with E-state index in [0.717, 1.165) is 5.69 Å². The summed E-state index contributed by atoms with van der Waals surface area (Å²) in [5.74, 6) is -0.0211. The van der Waals surface area contributed by atoms with Gasteiger partial charge in [-0.1, -0.05) is 23.8 Å². The van der Waals surface area contributed by atoms with E-state index in [4.69, 9.17) is 0 Å². The first-order chi connectivity index (χ1) is 9.15. The van der Waals surface area contributed by atoms with E-state index in [-0.39, 0.29) is 11.9 Å². The molecule has 1 aromatic heterocycles. The van der Waals surface area contributed by atoms with E-state index in [9.17, 15) is 4.79 Å². The fraction of sp³-hybridized carbons (Fsp3) is 0.267. The number of carbonyl (C=O) groups excluding carboxylic acids is 1. The van der Waals surface area contributed by atoms with E-state index in [2.05, 4.69) is 23.6 Å². The van der Waals surface area contributed by atoms with Gasteiger partial charge in [-0.25, -0.2) is 0 Å². The smallest absolute Gasteiger partial charge is 0.238 e. The second-order valence-electron chi connectivity index (χ2n) is 4.53. The molecule has 100 valence electrons. The molecule has 1 unspecified atom stereocenters. The number of benzene rings is 1. The quantitative estimate of drug-likeness (QED) is 0.878. The number of nitrogens with one attached hydrogen (secondary N) is 2. The highest BCUT2D eigenvalue weighted by molar-refractivity contribution is 7.10. The van der Waals surface area contributed by atoms with Crippen molar-refractivity contribution in [3.8, 4) is 0 Å². The van der Waals surface area contributed by atoms with Gasteiger partial charge in [0.1, 0.15) is 0 Å². The third kappa shape index (κ3) is 4.19. The van der Waals surface area contributed by atoms with Crippen molar-refractivity contribution in [2.45, 2.75) is 19.9 Å². The van der Waals surface area contributed by atoms with Crippen LogP contribution < -0.4 is 10.6 Å². The van der Waals surface area contributed by atoms with Crippen LogP contribution in [0.2, 0.25) is 0 Å². The SMILES string of the molecule is Cc1ccc(NC(=O)CNC(C)c2cccs2)cc1. The Morgan fingerprint density at radius 3 is 2.63 bits per heavy atom. The Morgan fingerprint density at radius 1 is 1.26 bits per heavy atom. The Hall–Kier alpha value is -1.65. The van der Waals surface area contributed by atoms with Crippen molar-refractivity contribution >= 4 is 22.9 Å². The number of thiophene rings is 1. The molecule has 0 spiro atoms. The fourth-order valence-corrected chi connectivity index (χ4v) is 2.48. The van der Waals surface area contributed by atoms with Crippen molar-refractivity contribution in [1.82, 2.24) is 5.32 Å². The van der Waals surface area contributed by atoms with Gasteiger partial charge in [-0.15, -0.1) is 11.3 Å². The Bertz CT molecular complexity index is 520.